The molecule has 1 saturated carbocycles. The molecule has 1 aliphatic heterocycles. The number of aliphatic imine (C=N–C) groups is 1. The van der Waals surface area contributed by atoms with Crippen molar-refractivity contribution in [3.63, 3.8) is 0 Å². The number of aldehydes is 1. The van der Waals surface area contributed by atoms with Gasteiger partial charge in [-0.1, -0.05) is 11.8 Å². The molecular formula is C12H19N3O2S. The van der Waals surface area contributed by atoms with Crippen molar-refractivity contribution in [2.45, 2.75) is 44.0 Å². The van der Waals surface area contributed by atoms with Gasteiger partial charge in [0, 0.05) is 17.8 Å². The first-order chi connectivity index (χ1) is 8.56. The van der Waals surface area contributed by atoms with Crippen molar-refractivity contribution in [3.05, 3.63) is 11.8 Å². The molecule has 100 valence electrons. The Labute approximate surface area is 111 Å². The zero-order valence-electron chi connectivity index (χ0n) is 10.6. The minimum absolute atomic E-state index is 0.0178. The van der Waals surface area contributed by atoms with Gasteiger partial charge in [0.25, 0.3) is 0 Å². The van der Waals surface area contributed by atoms with Crippen LogP contribution in [0.3, 0.4) is 0 Å². The van der Waals surface area contributed by atoms with E-state index >= 15 is 0 Å². The summed E-state index contributed by atoms with van der Waals surface area (Å²) in [5.41, 5.74) is -0.149. The van der Waals surface area contributed by atoms with Gasteiger partial charge in [-0.3, -0.25) is 10.1 Å². The molecule has 0 amide bonds. The van der Waals surface area contributed by atoms with Crippen LogP contribution in [0.5, 0.6) is 0 Å². The van der Waals surface area contributed by atoms with Gasteiger partial charge < -0.3 is 10.4 Å². The number of nitrogens with one attached hydrogen (secondary N) is 2. The molecule has 0 radical (unpaired) electrons. The van der Waals surface area contributed by atoms with Gasteiger partial charge >= 0.3 is 0 Å². The van der Waals surface area contributed by atoms with Crippen LogP contribution in [0.1, 0.15) is 26.2 Å². The quantitative estimate of drug-likeness (QED) is 0.655. The minimum atomic E-state index is -0.714. The molecule has 3 atom stereocenters. The Bertz CT molecular complexity index is 393. The number of aliphatic hydroxyl groups is 1. The van der Waals surface area contributed by atoms with Gasteiger partial charge in [0.2, 0.25) is 0 Å². The predicted molar refractivity (Wildman–Crippen MR) is 73.4 cm³/mol. The van der Waals surface area contributed by atoms with Gasteiger partial charge in [-0.05, 0) is 32.4 Å². The van der Waals surface area contributed by atoms with Crippen molar-refractivity contribution >= 4 is 23.2 Å². The maximum atomic E-state index is 11.0. The maximum Gasteiger partial charge on any atom is 0.162 e. The standard InChI is InChI=1S/C12H19N3O2S/c1-12(17)5-3-4-9(12)14-10-8(7-16)6-13-11(15-10)18-2/h6-7,9-10,14,17H,3-5H2,1-2H3,(H,13,15)/t9-,10?,12-/m1/s1. The Morgan fingerprint density at radius 1 is 1.72 bits per heavy atom. The van der Waals surface area contributed by atoms with Crippen molar-refractivity contribution < 1.29 is 9.90 Å². The van der Waals surface area contributed by atoms with Gasteiger partial charge in [-0.25, -0.2) is 4.99 Å². The van der Waals surface area contributed by atoms with Gasteiger partial charge in [0.1, 0.15) is 6.17 Å². The van der Waals surface area contributed by atoms with E-state index in [-0.39, 0.29) is 12.2 Å². The monoisotopic (exact) mass is 269 g/mol. The van der Waals surface area contributed by atoms with Crippen molar-refractivity contribution in [1.29, 1.82) is 0 Å². The number of nitrogens with zero attached hydrogens (tertiary/aromatic N) is 1. The summed E-state index contributed by atoms with van der Waals surface area (Å²) < 4.78 is 0. The van der Waals surface area contributed by atoms with Crippen molar-refractivity contribution in [2.75, 3.05) is 6.26 Å². The van der Waals surface area contributed by atoms with Crippen molar-refractivity contribution in [1.82, 2.24) is 10.6 Å². The molecule has 5 nitrogen and oxygen atoms in total. The van der Waals surface area contributed by atoms with Crippen LogP contribution in [0.2, 0.25) is 0 Å². The molecule has 0 spiro atoms. The van der Waals surface area contributed by atoms with Crippen LogP contribution >= 0.6 is 11.8 Å². The molecule has 0 saturated heterocycles. The average molecular weight is 269 g/mol. The first kappa shape index (κ1) is 13.6. The van der Waals surface area contributed by atoms with E-state index in [1.165, 1.54) is 11.8 Å². The van der Waals surface area contributed by atoms with Crippen LogP contribution in [0.15, 0.2) is 16.8 Å². The molecule has 2 aliphatic rings. The van der Waals surface area contributed by atoms with Crippen molar-refractivity contribution in [2.24, 2.45) is 4.99 Å². The molecule has 1 unspecified atom stereocenters. The number of rotatable bonds is 3. The molecule has 6 heteroatoms. The summed E-state index contributed by atoms with van der Waals surface area (Å²) in [6.07, 6.45) is 6.73. The fourth-order valence-corrected chi connectivity index (χ4v) is 2.79. The Morgan fingerprint density at radius 3 is 3.06 bits per heavy atom. The first-order valence-electron chi connectivity index (χ1n) is 6.09. The summed E-state index contributed by atoms with van der Waals surface area (Å²) >= 11 is 1.50. The summed E-state index contributed by atoms with van der Waals surface area (Å²) in [7, 11) is 0. The van der Waals surface area contributed by atoms with E-state index in [9.17, 15) is 9.90 Å². The molecule has 0 aromatic heterocycles. The largest absolute Gasteiger partial charge is 0.389 e. The second-order valence-corrected chi connectivity index (χ2v) is 5.71. The lowest BCUT2D eigenvalue weighted by molar-refractivity contribution is -0.105. The SMILES string of the molecule is CSC1=NC(N[C@@H]2CCC[C@@]2(C)O)C(C=O)=CN1. The Balaban J connectivity index is 2.10. The van der Waals surface area contributed by atoms with Crippen LogP contribution < -0.4 is 10.6 Å². The van der Waals surface area contributed by atoms with Crippen LogP contribution in [0.4, 0.5) is 0 Å². The Morgan fingerprint density at radius 2 is 2.50 bits per heavy atom. The highest BCUT2D eigenvalue weighted by Crippen LogP contribution is 2.30. The molecule has 3 N–H and O–H groups in total. The fourth-order valence-electron chi connectivity index (χ4n) is 2.40. The topological polar surface area (TPSA) is 73.7 Å². The maximum absolute atomic E-state index is 11.0. The van der Waals surface area contributed by atoms with Gasteiger partial charge in [-0.15, -0.1) is 0 Å². The van der Waals surface area contributed by atoms with E-state index in [0.717, 1.165) is 30.7 Å². The molecule has 1 aliphatic carbocycles. The van der Waals surface area contributed by atoms with Crippen LogP contribution in [0.25, 0.3) is 0 Å². The van der Waals surface area contributed by atoms with E-state index in [1.54, 1.807) is 6.20 Å². The first-order valence-corrected chi connectivity index (χ1v) is 7.31. The summed E-state index contributed by atoms with van der Waals surface area (Å²) in [5.74, 6) is 0. The number of hydrogen-bond donors (Lipinski definition) is 3. The Kier molecular flexibility index (Phi) is 4.09. The van der Waals surface area contributed by atoms with E-state index in [0.29, 0.717) is 5.57 Å². The predicted octanol–water partition coefficient (Wildman–Crippen LogP) is 0.611. The summed E-state index contributed by atoms with van der Waals surface area (Å²) in [5, 5.41) is 17.2. The lowest BCUT2D eigenvalue weighted by atomic mass is 10.00. The smallest absolute Gasteiger partial charge is 0.162 e. The molecule has 2 rings (SSSR count). The zero-order valence-corrected chi connectivity index (χ0v) is 11.5. The van der Waals surface area contributed by atoms with E-state index < -0.39 is 5.60 Å². The normalized spacial score (nSPS) is 35.7. The number of thioether (sulfide) groups is 1. The van der Waals surface area contributed by atoms with E-state index in [2.05, 4.69) is 15.6 Å². The van der Waals surface area contributed by atoms with E-state index in [1.807, 2.05) is 13.2 Å². The van der Waals surface area contributed by atoms with Crippen molar-refractivity contribution in [3.8, 4) is 0 Å². The van der Waals surface area contributed by atoms with Crippen LogP contribution in [-0.4, -0.2) is 40.6 Å². The van der Waals surface area contributed by atoms with E-state index in [4.69, 9.17) is 0 Å². The number of amidine groups is 1. The molecule has 0 aromatic rings. The summed E-state index contributed by atoms with van der Waals surface area (Å²) in [6, 6.07) is -0.0178. The highest BCUT2D eigenvalue weighted by molar-refractivity contribution is 8.13. The highest BCUT2D eigenvalue weighted by Gasteiger charge is 2.38. The third-order valence-corrected chi connectivity index (χ3v) is 4.15. The summed E-state index contributed by atoms with van der Waals surface area (Å²) in [6.45, 7) is 1.84. The van der Waals surface area contributed by atoms with Crippen LogP contribution in [-0.2, 0) is 4.79 Å². The third-order valence-electron chi connectivity index (χ3n) is 3.54. The minimum Gasteiger partial charge on any atom is -0.389 e. The lowest BCUT2D eigenvalue weighted by Crippen LogP contribution is -2.50. The molecule has 0 bridgehead atoms. The second-order valence-electron chi connectivity index (χ2n) is 4.92. The second kappa shape index (κ2) is 5.42. The Hall–Kier alpha value is -0.850. The summed E-state index contributed by atoms with van der Waals surface area (Å²) in [4.78, 5) is 15.4. The van der Waals surface area contributed by atoms with Gasteiger partial charge in [0.05, 0.1) is 5.60 Å². The average Bonchev–Trinajstić information content (AvgIpc) is 2.68. The highest BCUT2D eigenvalue weighted by atomic mass is 32.2. The van der Waals surface area contributed by atoms with Gasteiger partial charge in [-0.2, -0.15) is 0 Å². The fraction of sp³-hybridized carbons (Fsp3) is 0.667. The number of carbonyl (C=O) groups is 1. The lowest BCUT2D eigenvalue weighted by Gasteiger charge is -2.30. The molecule has 1 fully saturated rings. The van der Waals surface area contributed by atoms with Gasteiger partial charge in [0.15, 0.2) is 11.5 Å². The number of carbonyl (C=O) groups excluding carboxylic acids is 1. The molecule has 18 heavy (non-hydrogen) atoms. The third kappa shape index (κ3) is 2.76. The molecule has 0 aromatic carbocycles. The number of hydrogen-bond acceptors (Lipinski definition) is 6. The van der Waals surface area contributed by atoms with Crippen LogP contribution in [0, 0.1) is 0 Å². The molecule has 1 heterocycles. The molecular weight excluding hydrogens is 250 g/mol. The zero-order chi connectivity index (χ0) is 13.2.